The van der Waals surface area contributed by atoms with Gasteiger partial charge in [0.05, 0.1) is 20.6 Å². The van der Waals surface area contributed by atoms with E-state index >= 15 is 0 Å². The third kappa shape index (κ3) is 11.3. The van der Waals surface area contributed by atoms with Crippen molar-refractivity contribution < 1.29 is 16.9 Å². The Kier molecular flexibility index (Phi) is 13.8. The van der Waals surface area contributed by atoms with E-state index in [-0.39, 0.29) is 12.4 Å². The second-order valence-corrected chi connectivity index (χ2v) is 8.00. The first-order chi connectivity index (χ1) is 11.0. The third-order valence-corrected chi connectivity index (χ3v) is 5.04. The van der Waals surface area contributed by atoms with Crippen molar-refractivity contribution in [3.63, 3.8) is 0 Å². The van der Waals surface area contributed by atoms with Gasteiger partial charge in [0, 0.05) is 10.6 Å². The molecule has 1 rings (SSSR count). The smallest absolute Gasteiger partial charge is 0.105 e. The van der Waals surface area contributed by atoms with Crippen LogP contribution in [0.15, 0.2) is 24.3 Å². The lowest BCUT2D eigenvalue weighted by molar-refractivity contribution is -0.903. The lowest BCUT2D eigenvalue weighted by Crippen LogP contribution is -3.00. The molecule has 0 aromatic heterocycles. The lowest BCUT2D eigenvalue weighted by atomic mass is 10.1. The normalized spacial score (nSPS) is 11.3. The molecule has 1 aromatic rings. The molecule has 0 aliphatic heterocycles. The Balaban J connectivity index is 0.00000529. The van der Waals surface area contributed by atoms with Crippen molar-refractivity contribution >= 4 is 11.6 Å². The van der Waals surface area contributed by atoms with Crippen molar-refractivity contribution in [1.82, 2.24) is 0 Å². The van der Waals surface area contributed by atoms with E-state index in [1.54, 1.807) is 0 Å². The molecule has 0 fully saturated rings. The van der Waals surface area contributed by atoms with Crippen LogP contribution in [0.4, 0.5) is 0 Å². The molecule has 0 aliphatic carbocycles. The maximum atomic E-state index is 6.28. The molecule has 0 saturated heterocycles. The summed E-state index contributed by atoms with van der Waals surface area (Å²) in [6.07, 6.45) is 14.0. The standard InChI is InChI=1S/C21H37ClN.ClH/c1-4-5-6-7-8-9-10-11-12-15-18-23(2,3)19-20-16-13-14-17-21(20)22;/h13-14,16-17H,4-12,15,18-19H2,1-3H3;1H/q+1;/p-1. The van der Waals surface area contributed by atoms with Gasteiger partial charge in [-0.3, -0.25) is 0 Å². The van der Waals surface area contributed by atoms with Crippen LogP contribution in [0.1, 0.15) is 76.7 Å². The molecule has 0 atom stereocenters. The highest BCUT2D eigenvalue weighted by Gasteiger charge is 2.16. The second kappa shape index (κ2) is 14.0. The maximum Gasteiger partial charge on any atom is 0.105 e. The van der Waals surface area contributed by atoms with E-state index in [0.29, 0.717) is 0 Å². The van der Waals surface area contributed by atoms with Gasteiger partial charge in [0.1, 0.15) is 6.54 Å². The van der Waals surface area contributed by atoms with Crippen LogP contribution in [0.3, 0.4) is 0 Å². The summed E-state index contributed by atoms with van der Waals surface area (Å²) in [5.74, 6) is 0. The molecule has 0 aliphatic rings. The van der Waals surface area contributed by atoms with E-state index in [9.17, 15) is 0 Å². The first-order valence-electron chi connectivity index (χ1n) is 9.60. The van der Waals surface area contributed by atoms with Crippen molar-refractivity contribution in [3.05, 3.63) is 34.9 Å². The van der Waals surface area contributed by atoms with Gasteiger partial charge in [-0.05, 0) is 18.9 Å². The molecule has 0 saturated carbocycles. The highest BCUT2D eigenvalue weighted by Crippen LogP contribution is 2.20. The summed E-state index contributed by atoms with van der Waals surface area (Å²) >= 11 is 6.28. The van der Waals surface area contributed by atoms with Gasteiger partial charge >= 0.3 is 0 Å². The van der Waals surface area contributed by atoms with Crippen molar-refractivity contribution in [2.45, 2.75) is 77.7 Å². The fraction of sp³-hybridized carbons (Fsp3) is 0.714. The van der Waals surface area contributed by atoms with Gasteiger partial charge in [-0.15, -0.1) is 0 Å². The first kappa shape index (κ1) is 23.8. The average Bonchev–Trinajstić information content (AvgIpc) is 2.51. The molecule has 140 valence electrons. The van der Waals surface area contributed by atoms with Gasteiger partial charge in [-0.2, -0.15) is 0 Å². The minimum atomic E-state index is 0. The predicted octanol–water partition coefficient (Wildman–Crippen LogP) is 3.84. The SMILES string of the molecule is CCCCCCCCCCCC[N+](C)(C)Cc1ccccc1Cl.[Cl-]. The van der Waals surface area contributed by atoms with E-state index in [4.69, 9.17) is 11.6 Å². The van der Waals surface area contributed by atoms with Gasteiger partial charge < -0.3 is 16.9 Å². The quantitative estimate of drug-likeness (QED) is 0.364. The summed E-state index contributed by atoms with van der Waals surface area (Å²) in [6.45, 7) is 4.55. The monoisotopic (exact) mass is 373 g/mol. The molecule has 0 unspecified atom stereocenters. The number of rotatable bonds is 13. The maximum absolute atomic E-state index is 6.28. The van der Waals surface area contributed by atoms with E-state index < -0.39 is 0 Å². The molecule has 0 bridgehead atoms. The minimum absolute atomic E-state index is 0. The van der Waals surface area contributed by atoms with E-state index in [1.807, 2.05) is 12.1 Å². The van der Waals surface area contributed by atoms with E-state index in [2.05, 4.69) is 33.2 Å². The van der Waals surface area contributed by atoms with Gasteiger partial charge in [0.25, 0.3) is 0 Å². The number of halogens is 2. The third-order valence-electron chi connectivity index (χ3n) is 4.67. The van der Waals surface area contributed by atoms with Crippen LogP contribution in [0.25, 0.3) is 0 Å². The van der Waals surface area contributed by atoms with Crippen molar-refractivity contribution in [2.24, 2.45) is 0 Å². The molecule has 1 nitrogen and oxygen atoms in total. The summed E-state index contributed by atoms with van der Waals surface area (Å²) in [5.41, 5.74) is 1.27. The highest BCUT2D eigenvalue weighted by molar-refractivity contribution is 6.31. The van der Waals surface area contributed by atoms with Crippen LogP contribution in [0.5, 0.6) is 0 Å². The van der Waals surface area contributed by atoms with Crippen molar-refractivity contribution in [2.75, 3.05) is 20.6 Å². The molecule has 0 radical (unpaired) electrons. The Morgan fingerprint density at radius 3 is 1.83 bits per heavy atom. The summed E-state index contributed by atoms with van der Waals surface area (Å²) < 4.78 is 1.03. The largest absolute Gasteiger partial charge is 1.00 e. The van der Waals surface area contributed by atoms with E-state index in [1.165, 1.54) is 76.3 Å². The number of quaternary nitrogens is 1. The lowest BCUT2D eigenvalue weighted by Gasteiger charge is -2.30. The van der Waals surface area contributed by atoms with Crippen LogP contribution in [0.2, 0.25) is 5.02 Å². The van der Waals surface area contributed by atoms with Gasteiger partial charge in [-0.25, -0.2) is 0 Å². The zero-order valence-corrected chi connectivity index (χ0v) is 17.5. The van der Waals surface area contributed by atoms with Gasteiger partial charge in [-0.1, -0.05) is 88.1 Å². The molecule has 24 heavy (non-hydrogen) atoms. The Morgan fingerprint density at radius 1 is 0.792 bits per heavy atom. The van der Waals surface area contributed by atoms with Gasteiger partial charge in [0.2, 0.25) is 0 Å². The summed E-state index contributed by atoms with van der Waals surface area (Å²) in [5, 5.41) is 0.904. The van der Waals surface area contributed by atoms with Crippen LogP contribution in [0, 0.1) is 0 Å². The molecule has 0 amide bonds. The second-order valence-electron chi connectivity index (χ2n) is 7.59. The Morgan fingerprint density at radius 2 is 1.29 bits per heavy atom. The summed E-state index contributed by atoms with van der Waals surface area (Å²) in [4.78, 5) is 0. The van der Waals surface area contributed by atoms with Crippen molar-refractivity contribution in [3.8, 4) is 0 Å². The fourth-order valence-electron chi connectivity index (χ4n) is 3.19. The highest BCUT2D eigenvalue weighted by atomic mass is 35.5. The summed E-state index contributed by atoms with van der Waals surface area (Å²) in [6, 6.07) is 8.24. The van der Waals surface area contributed by atoms with Crippen molar-refractivity contribution in [1.29, 1.82) is 0 Å². The zero-order chi connectivity index (χ0) is 17.0. The van der Waals surface area contributed by atoms with Crippen LogP contribution >= 0.6 is 11.6 Å². The molecular formula is C21H37Cl2N. The average molecular weight is 374 g/mol. The molecule has 0 spiro atoms. The molecule has 3 heteroatoms. The number of unbranched alkanes of at least 4 members (excludes halogenated alkanes) is 9. The Bertz CT molecular complexity index is 418. The number of nitrogens with zero attached hydrogens (tertiary/aromatic N) is 1. The Labute approximate surface area is 161 Å². The minimum Gasteiger partial charge on any atom is -1.00 e. The van der Waals surface area contributed by atoms with Crippen LogP contribution in [-0.2, 0) is 6.54 Å². The zero-order valence-electron chi connectivity index (χ0n) is 16.0. The number of benzene rings is 1. The fourth-order valence-corrected chi connectivity index (χ4v) is 3.39. The van der Waals surface area contributed by atoms with Gasteiger partial charge in [0.15, 0.2) is 0 Å². The van der Waals surface area contributed by atoms with Crippen LogP contribution in [-0.4, -0.2) is 25.1 Å². The molecule has 1 aromatic carbocycles. The first-order valence-corrected chi connectivity index (χ1v) is 9.98. The van der Waals surface area contributed by atoms with E-state index in [0.717, 1.165) is 16.1 Å². The predicted molar refractivity (Wildman–Crippen MR) is 104 cm³/mol. The number of hydrogen-bond donors (Lipinski definition) is 0. The summed E-state index contributed by atoms with van der Waals surface area (Å²) in [7, 11) is 4.63. The molecular weight excluding hydrogens is 337 g/mol. The molecule has 0 heterocycles. The number of hydrogen-bond acceptors (Lipinski definition) is 0. The van der Waals surface area contributed by atoms with Crippen LogP contribution < -0.4 is 12.4 Å². The molecule has 0 N–H and O–H groups in total. The topological polar surface area (TPSA) is 0 Å². The Hall–Kier alpha value is -0.240.